The molecule has 2 aliphatic rings. The molecule has 158 valence electrons. The van der Waals surface area contributed by atoms with Crippen LogP contribution in [0.1, 0.15) is 38.3 Å². The molecule has 2 aromatic carbocycles. The molecule has 2 heterocycles. The van der Waals surface area contributed by atoms with Gasteiger partial charge in [0.1, 0.15) is 11.8 Å². The van der Waals surface area contributed by atoms with Crippen LogP contribution in [0, 0.1) is 5.41 Å². The van der Waals surface area contributed by atoms with Crippen molar-refractivity contribution in [1.82, 2.24) is 14.8 Å². The van der Waals surface area contributed by atoms with E-state index in [1.807, 2.05) is 48.5 Å². The molecule has 1 aliphatic carbocycles. The molecule has 6 nitrogen and oxygen atoms in total. The molecule has 1 aliphatic heterocycles. The van der Waals surface area contributed by atoms with E-state index in [4.69, 9.17) is 26.4 Å². The monoisotopic (exact) mass is 434 g/mol. The predicted molar refractivity (Wildman–Crippen MR) is 120 cm³/mol. The fourth-order valence-electron chi connectivity index (χ4n) is 4.48. The Kier molecular flexibility index (Phi) is 4.63. The molecule has 0 amide bonds. The quantitative estimate of drug-likeness (QED) is 0.608. The van der Waals surface area contributed by atoms with Crippen LogP contribution in [-0.4, -0.2) is 27.7 Å². The summed E-state index contributed by atoms with van der Waals surface area (Å²) in [4.78, 5) is 18.1. The number of fused-ring (bicyclic) bond motifs is 1. The van der Waals surface area contributed by atoms with Gasteiger partial charge in [-0.3, -0.25) is 4.79 Å². The molecule has 1 aromatic heterocycles. The van der Waals surface area contributed by atoms with Crippen LogP contribution in [0.3, 0.4) is 0 Å². The first-order valence-electron chi connectivity index (χ1n) is 10.2. The van der Waals surface area contributed by atoms with Gasteiger partial charge >= 0.3 is 0 Å². The minimum atomic E-state index is -0.370. The van der Waals surface area contributed by atoms with Gasteiger partial charge < -0.3 is 10.1 Å². The Hall–Kier alpha value is -3.12. The number of nitrogens with zero attached hydrogens (tertiary/aromatic N) is 3. The summed E-state index contributed by atoms with van der Waals surface area (Å²) in [7, 11) is 1.64. The second-order valence-corrected chi connectivity index (χ2v) is 9.29. The summed E-state index contributed by atoms with van der Waals surface area (Å²) in [6.07, 6.45) is 1.27. The van der Waals surface area contributed by atoms with Crippen LogP contribution < -0.4 is 10.1 Å². The Bertz CT molecular complexity index is 1230. The number of hydrogen-bond acceptors (Lipinski definition) is 5. The number of allylic oxidation sites excluding steroid dienone is 2. The standard InChI is InChI=1S/C24H23ClN4O2/c1-24(2)12-18-20(19(30)13-24)21(14-6-5-9-17(11-14)31-3)29-23(26-18)27-22(28-29)15-7-4-8-16(25)10-15/h4-11,21H,12-13H2,1-3H3,(H,26,27,28). The van der Waals surface area contributed by atoms with E-state index >= 15 is 0 Å². The largest absolute Gasteiger partial charge is 0.497 e. The molecular formula is C24H23ClN4O2. The molecule has 0 saturated carbocycles. The molecule has 0 saturated heterocycles. The number of ether oxygens (including phenoxy) is 1. The van der Waals surface area contributed by atoms with E-state index in [1.54, 1.807) is 11.8 Å². The number of aromatic nitrogens is 3. The minimum Gasteiger partial charge on any atom is -0.497 e. The Labute approximate surface area is 185 Å². The van der Waals surface area contributed by atoms with Gasteiger partial charge in [-0.05, 0) is 41.7 Å². The average molecular weight is 435 g/mol. The number of nitrogens with one attached hydrogen (secondary N) is 1. The van der Waals surface area contributed by atoms with Gasteiger partial charge in [-0.25, -0.2) is 4.68 Å². The maximum atomic E-state index is 13.3. The second kappa shape index (κ2) is 7.24. The molecule has 0 spiro atoms. The third-order valence-corrected chi connectivity index (χ3v) is 6.06. The fraction of sp³-hybridized carbons (Fsp3) is 0.292. The predicted octanol–water partition coefficient (Wildman–Crippen LogP) is 5.27. The molecule has 0 bridgehead atoms. The zero-order valence-corrected chi connectivity index (χ0v) is 18.4. The lowest BCUT2D eigenvalue weighted by molar-refractivity contribution is -0.118. The zero-order valence-electron chi connectivity index (χ0n) is 17.6. The van der Waals surface area contributed by atoms with Gasteiger partial charge in [0.05, 0.1) is 7.11 Å². The number of carbonyl (C=O) groups is 1. The molecule has 1 atom stereocenters. The zero-order chi connectivity index (χ0) is 21.8. The number of rotatable bonds is 3. The first kappa shape index (κ1) is 19.8. The Morgan fingerprint density at radius 1 is 1.16 bits per heavy atom. The van der Waals surface area contributed by atoms with Crippen LogP contribution in [0.5, 0.6) is 5.75 Å². The van der Waals surface area contributed by atoms with E-state index in [2.05, 4.69) is 19.2 Å². The summed E-state index contributed by atoms with van der Waals surface area (Å²) in [5, 5.41) is 8.82. The topological polar surface area (TPSA) is 69.0 Å². The first-order valence-corrected chi connectivity index (χ1v) is 10.6. The van der Waals surface area contributed by atoms with Gasteiger partial charge in [0.25, 0.3) is 0 Å². The number of benzene rings is 2. The number of carbonyl (C=O) groups excluding carboxylic acids is 1. The van der Waals surface area contributed by atoms with Crippen LogP contribution >= 0.6 is 11.6 Å². The summed E-state index contributed by atoms with van der Waals surface area (Å²) in [6.45, 7) is 4.24. The Balaban J connectivity index is 1.69. The van der Waals surface area contributed by atoms with Gasteiger partial charge in [0.15, 0.2) is 11.6 Å². The van der Waals surface area contributed by atoms with Crippen molar-refractivity contribution in [3.05, 3.63) is 70.4 Å². The van der Waals surface area contributed by atoms with Crippen molar-refractivity contribution in [3.8, 4) is 17.1 Å². The molecule has 3 aromatic rings. The van der Waals surface area contributed by atoms with Crippen molar-refractivity contribution in [3.63, 3.8) is 0 Å². The summed E-state index contributed by atoms with van der Waals surface area (Å²) in [5.41, 5.74) is 3.32. The molecule has 0 fully saturated rings. The SMILES string of the molecule is COc1cccc(C2C3=C(CC(C)(C)CC3=O)Nc3nc(-c4cccc(Cl)c4)nn32)c1. The molecule has 1 N–H and O–H groups in total. The normalized spacial score (nSPS) is 19.5. The number of anilines is 1. The highest BCUT2D eigenvalue weighted by atomic mass is 35.5. The third kappa shape index (κ3) is 3.51. The van der Waals surface area contributed by atoms with Crippen LogP contribution in [0.4, 0.5) is 5.95 Å². The van der Waals surface area contributed by atoms with Crippen molar-refractivity contribution < 1.29 is 9.53 Å². The Morgan fingerprint density at radius 3 is 2.74 bits per heavy atom. The van der Waals surface area contributed by atoms with Crippen molar-refractivity contribution in [2.24, 2.45) is 5.41 Å². The lowest BCUT2D eigenvalue weighted by Crippen LogP contribution is -2.36. The van der Waals surface area contributed by atoms with Crippen molar-refractivity contribution in [2.75, 3.05) is 12.4 Å². The van der Waals surface area contributed by atoms with E-state index in [0.29, 0.717) is 23.2 Å². The summed E-state index contributed by atoms with van der Waals surface area (Å²) >= 11 is 6.18. The van der Waals surface area contributed by atoms with Crippen LogP contribution in [0.25, 0.3) is 11.4 Å². The smallest absolute Gasteiger partial charge is 0.226 e. The van der Waals surface area contributed by atoms with E-state index in [0.717, 1.165) is 34.6 Å². The van der Waals surface area contributed by atoms with Gasteiger partial charge in [-0.15, -0.1) is 5.10 Å². The lowest BCUT2D eigenvalue weighted by atomic mass is 9.73. The number of hydrogen-bond donors (Lipinski definition) is 1. The fourth-order valence-corrected chi connectivity index (χ4v) is 4.67. The Morgan fingerprint density at radius 2 is 1.97 bits per heavy atom. The van der Waals surface area contributed by atoms with Gasteiger partial charge in [-0.2, -0.15) is 4.98 Å². The number of Topliss-reactive ketones (excluding diaryl/α,β-unsaturated/α-hetero) is 1. The summed E-state index contributed by atoms with van der Waals surface area (Å²) in [5.74, 6) is 2.05. The van der Waals surface area contributed by atoms with Crippen molar-refractivity contribution >= 4 is 23.3 Å². The second-order valence-electron chi connectivity index (χ2n) is 8.85. The first-order chi connectivity index (χ1) is 14.8. The number of methoxy groups -OCH3 is 1. The van der Waals surface area contributed by atoms with Crippen LogP contribution in [0.2, 0.25) is 5.02 Å². The molecule has 0 radical (unpaired) electrons. The maximum absolute atomic E-state index is 13.3. The number of ketones is 1. The molecule has 31 heavy (non-hydrogen) atoms. The number of halogens is 1. The maximum Gasteiger partial charge on any atom is 0.226 e. The minimum absolute atomic E-state index is 0.111. The lowest BCUT2D eigenvalue weighted by Gasteiger charge is -2.38. The average Bonchev–Trinajstić information content (AvgIpc) is 3.15. The van der Waals surface area contributed by atoms with Crippen molar-refractivity contribution in [1.29, 1.82) is 0 Å². The molecular weight excluding hydrogens is 412 g/mol. The van der Waals surface area contributed by atoms with Gasteiger partial charge in [0.2, 0.25) is 5.95 Å². The van der Waals surface area contributed by atoms with Crippen LogP contribution in [-0.2, 0) is 4.79 Å². The highest BCUT2D eigenvalue weighted by molar-refractivity contribution is 6.30. The summed E-state index contributed by atoms with van der Waals surface area (Å²) in [6, 6.07) is 14.9. The van der Waals surface area contributed by atoms with Gasteiger partial charge in [0, 0.05) is 28.3 Å². The van der Waals surface area contributed by atoms with Crippen LogP contribution in [0.15, 0.2) is 59.8 Å². The summed E-state index contributed by atoms with van der Waals surface area (Å²) < 4.78 is 7.25. The third-order valence-electron chi connectivity index (χ3n) is 5.82. The van der Waals surface area contributed by atoms with Crippen molar-refractivity contribution in [2.45, 2.75) is 32.7 Å². The molecule has 5 rings (SSSR count). The highest BCUT2D eigenvalue weighted by Gasteiger charge is 2.42. The van der Waals surface area contributed by atoms with E-state index in [9.17, 15) is 4.79 Å². The van der Waals surface area contributed by atoms with E-state index in [1.165, 1.54) is 0 Å². The van der Waals surface area contributed by atoms with E-state index in [-0.39, 0.29) is 17.2 Å². The van der Waals surface area contributed by atoms with E-state index < -0.39 is 0 Å². The molecule has 1 unspecified atom stereocenters. The molecule has 7 heteroatoms. The van der Waals surface area contributed by atoms with Gasteiger partial charge in [-0.1, -0.05) is 49.7 Å². The highest BCUT2D eigenvalue weighted by Crippen LogP contribution is 2.46.